The van der Waals surface area contributed by atoms with Crippen molar-refractivity contribution < 1.29 is 0 Å². The highest BCUT2D eigenvalue weighted by molar-refractivity contribution is 6.30. The van der Waals surface area contributed by atoms with Gasteiger partial charge in [-0.05, 0) is 48.2 Å². The van der Waals surface area contributed by atoms with Crippen LogP contribution >= 0.6 is 11.6 Å². The molecular weight excluding hydrogens is 266 g/mol. The Labute approximate surface area is 127 Å². The minimum atomic E-state index is 0.208. The summed E-state index contributed by atoms with van der Waals surface area (Å²) in [5.41, 5.74) is 3.88. The largest absolute Gasteiger partial charge is 0.306 e. The maximum atomic E-state index is 6.13. The molecule has 0 radical (unpaired) electrons. The first-order chi connectivity index (χ1) is 9.74. The molecule has 2 aromatic carbocycles. The highest BCUT2D eigenvalue weighted by atomic mass is 35.5. The zero-order chi connectivity index (χ0) is 14.4. The van der Waals surface area contributed by atoms with Crippen molar-refractivity contribution in [3.05, 3.63) is 70.2 Å². The molecule has 20 heavy (non-hydrogen) atoms. The fourth-order valence-electron chi connectivity index (χ4n) is 2.35. The Bertz CT molecular complexity index is 533. The van der Waals surface area contributed by atoms with Crippen molar-refractivity contribution in [1.82, 2.24) is 5.32 Å². The Morgan fingerprint density at radius 1 is 1.00 bits per heavy atom. The first-order valence-corrected chi connectivity index (χ1v) is 7.70. The van der Waals surface area contributed by atoms with Gasteiger partial charge in [0.15, 0.2) is 0 Å². The summed E-state index contributed by atoms with van der Waals surface area (Å²) in [6, 6.07) is 17.2. The van der Waals surface area contributed by atoms with Gasteiger partial charge in [-0.15, -0.1) is 0 Å². The Morgan fingerprint density at radius 2 is 1.75 bits per heavy atom. The molecule has 0 amide bonds. The minimum absolute atomic E-state index is 0.208. The molecule has 0 aliphatic carbocycles. The van der Waals surface area contributed by atoms with Crippen LogP contribution in [0.25, 0.3) is 0 Å². The Hall–Kier alpha value is -1.31. The minimum Gasteiger partial charge on any atom is -0.306 e. The van der Waals surface area contributed by atoms with E-state index in [0.29, 0.717) is 0 Å². The van der Waals surface area contributed by atoms with Gasteiger partial charge in [0.1, 0.15) is 0 Å². The van der Waals surface area contributed by atoms with Gasteiger partial charge in [0.05, 0.1) is 6.04 Å². The normalized spacial score (nSPS) is 12.3. The van der Waals surface area contributed by atoms with E-state index in [9.17, 15) is 0 Å². The van der Waals surface area contributed by atoms with Crippen molar-refractivity contribution in [1.29, 1.82) is 0 Å². The molecule has 0 bridgehead atoms. The lowest BCUT2D eigenvalue weighted by Crippen LogP contribution is -2.23. The van der Waals surface area contributed by atoms with Crippen LogP contribution in [0, 0.1) is 0 Å². The molecule has 1 atom stereocenters. The van der Waals surface area contributed by atoms with Gasteiger partial charge in [-0.1, -0.05) is 61.8 Å². The van der Waals surface area contributed by atoms with E-state index >= 15 is 0 Å². The Kier molecular flexibility index (Phi) is 5.63. The molecule has 1 N–H and O–H groups in total. The van der Waals surface area contributed by atoms with E-state index in [-0.39, 0.29) is 6.04 Å². The van der Waals surface area contributed by atoms with Crippen LogP contribution in [-0.2, 0) is 6.42 Å². The third kappa shape index (κ3) is 3.84. The van der Waals surface area contributed by atoms with E-state index in [4.69, 9.17) is 11.6 Å². The third-order valence-electron chi connectivity index (χ3n) is 3.50. The summed E-state index contributed by atoms with van der Waals surface area (Å²) in [4.78, 5) is 0. The predicted octanol–water partition coefficient (Wildman–Crippen LogP) is 4.99. The second-order valence-corrected chi connectivity index (χ2v) is 5.47. The first kappa shape index (κ1) is 15.1. The summed E-state index contributed by atoms with van der Waals surface area (Å²) in [6.45, 7) is 5.35. The van der Waals surface area contributed by atoms with Crippen molar-refractivity contribution >= 4 is 11.6 Å². The summed E-state index contributed by atoms with van der Waals surface area (Å²) >= 11 is 6.13. The zero-order valence-electron chi connectivity index (χ0n) is 12.2. The molecule has 0 saturated heterocycles. The van der Waals surface area contributed by atoms with E-state index < -0.39 is 0 Å². The van der Waals surface area contributed by atoms with Gasteiger partial charge in [-0.2, -0.15) is 0 Å². The van der Waals surface area contributed by atoms with Crippen LogP contribution in [-0.4, -0.2) is 6.54 Å². The number of halogens is 1. The molecule has 0 fully saturated rings. The van der Waals surface area contributed by atoms with E-state index in [1.807, 2.05) is 18.2 Å². The first-order valence-electron chi connectivity index (χ1n) is 7.32. The molecule has 0 spiro atoms. The smallest absolute Gasteiger partial charge is 0.0577 e. The van der Waals surface area contributed by atoms with Crippen LogP contribution in [0.1, 0.15) is 43.0 Å². The highest BCUT2D eigenvalue weighted by Gasteiger charge is 2.13. The van der Waals surface area contributed by atoms with Crippen molar-refractivity contribution in [2.75, 3.05) is 6.54 Å². The number of nitrogens with one attached hydrogen (secondary N) is 1. The van der Waals surface area contributed by atoms with Gasteiger partial charge in [0.25, 0.3) is 0 Å². The SMILES string of the molecule is CCCNC(c1ccc(CC)cc1)c1cccc(Cl)c1. The standard InChI is InChI=1S/C18H22ClN/c1-3-12-20-18(16-6-5-7-17(19)13-16)15-10-8-14(4-2)9-11-15/h5-11,13,18,20H,3-4,12H2,1-2H3. The lowest BCUT2D eigenvalue weighted by atomic mass is 9.97. The lowest BCUT2D eigenvalue weighted by molar-refractivity contribution is 0.598. The van der Waals surface area contributed by atoms with Gasteiger partial charge in [0.2, 0.25) is 0 Å². The summed E-state index contributed by atoms with van der Waals surface area (Å²) in [7, 11) is 0. The molecule has 0 heterocycles. The molecule has 0 aliphatic heterocycles. The number of aryl methyl sites for hydroxylation is 1. The van der Waals surface area contributed by atoms with Gasteiger partial charge >= 0.3 is 0 Å². The van der Waals surface area contributed by atoms with E-state index in [2.05, 4.69) is 49.5 Å². The summed E-state index contributed by atoms with van der Waals surface area (Å²) in [6.07, 6.45) is 2.19. The fraction of sp³-hybridized carbons (Fsp3) is 0.333. The molecule has 2 heteroatoms. The zero-order valence-corrected chi connectivity index (χ0v) is 13.0. The van der Waals surface area contributed by atoms with Crippen molar-refractivity contribution in [3.8, 4) is 0 Å². The lowest BCUT2D eigenvalue weighted by Gasteiger charge is -2.20. The summed E-state index contributed by atoms with van der Waals surface area (Å²) in [5.74, 6) is 0. The molecule has 0 aliphatic rings. The molecule has 1 nitrogen and oxygen atoms in total. The molecule has 0 saturated carbocycles. The van der Waals surface area contributed by atoms with Crippen LogP contribution in [0.4, 0.5) is 0 Å². The Morgan fingerprint density at radius 3 is 2.35 bits per heavy atom. The van der Waals surface area contributed by atoms with E-state index in [0.717, 1.165) is 24.4 Å². The third-order valence-corrected chi connectivity index (χ3v) is 3.74. The number of benzene rings is 2. The van der Waals surface area contributed by atoms with Crippen molar-refractivity contribution in [2.45, 2.75) is 32.7 Å². The van der Waals surface area contributed by atoms with Crippen LogP contribution in [0.15, 0.2) is 48.5 Å². The maximum absolute atomic E-state index is 6.13. The molecule has 1 unspecified atom stereocenters. The molecular formula is C18H22ClN. The molecule has 2 rings (SSSR count). The van der Waals surface area contributed by atoms with Gasteiger partial charge < -0.3 is 5.32 Å². The number of hydrogen-bond donors (Lipinski definition) is 1. The van der Waals surface area contributed by atoms with Crippen molar-refractivity contribution in [3.63, 3.8) is 0 Å². The molecule has 2 aromatic rings. The molecule has 106 valence electrons. The second-order valence-electron chi connectivity index (χ2n) is 5.04. The summed E-state index contributed by atoms with van der Waals surface area (Å²) in [5, 5.41) is 4.40. The quantitative estimate of drug-likeness (QED) is 0.789. The predicted molar refractivity (Wildman–Crippen MR) is 87.4 cm³/mol. The Balaban J connectivity index is 2.30. The monoisotopic (exact) mass is 287 g/mol. The highest BCUT2D eigenvalue weighted by Crippen LogP contribution is 2.25. The van der Waals surface area contributed by atoms with Crippen molar-refractivity contribution in [2.24, 2.45) is 0 Å². The van der Waals surface area contributed by atoms with Crippen LogP contribution in [0.3, 0.4) is 0 Å². The van der Waals surface area contributed by atoms with Crippen LogP contribution in [0.5, 0.6) is 0 Å². The van der Waals surface area contributed by atoms with E-state index in [1.54, 1.807) is 0 Å². The van der Waals surface area contributed by atoms with Crippen LogP contribution in [0.2, 0.25) is 5.02 Å². The molecule has 0 aromatic heterocycles. The average Bonchev–Trinajstić information content (AvgIpc) is 2.48. The maximum Gasteiger partial charge on any atom is 0.0577 e. The second kappa shape index (κ2) is 7.47. The number of hydrogen-bond acceptors (Lipinski definition) is 1. The van der Waals surface area contributed by atoms with Gasteiger partial charge in [-0.3, -0.25) is 0 Å². The van der Waals surface area contributed by atoms with E-state index in [1.165, 1.54) is 16.7 Å². The topological polar surface area (TPSA) is 12.0 Å². The average molecular weight is 288 g/mol. The van der Waals surface area contributed by atoms with Gasteiger partial charge in [-0.25, -0.2) is 0 Å². The number of rotatable bonds is 6. The van der Waals surface area contributed by atoms with Gasteiger partial charge in [0, 0.05) is 5.02 Å². The van der Waals surface area contributed by atoms with Crippen LogP contribution < -0.4 is 5.32 Å². The summed E-state index contributed by atoms with van der Waals surface area (Å²) < 4.78 is 0. The fourth-order valence-corrected chi connectivity index (χ4v) is 2.55.